The first-order valence-corrected chi connectivity index (χ1v) is 7.06. The highest BCUT2D eigenvalue weighted by molar-refractivity contribution is 7.11. The molecule has 1 aliphatic heterocycles. The Morgan fingerprint density at radius 2 is 2.50 bits per heavy atom. The van der Waals surface area contributed by atoms with E-state index >= 15 is 0 Å². The molecule has 2 N–H and O–H groups in total. The number of nitrogens with zero attached hydrogens (tertiary/aromatic N) is 1. The van der Waals surface area contributed by atoms with Crippen LogP contribution in [0.2, 0.25) is 0 Å². The van der Waals surface area contributed by atoms with Gasteiger partial charge in [-0.2, -0.15) is 0 Å². The minimum atomic E-state index is 0. The number of rotatable bonds is 5. The molecule has 2 heterocycles. The molecule has 1 amide bonds. The normalized spacial score (nSPS) is 18.4. The lowest BCUT2D eigenvalue weighted by atomic mass is 10.2. The highest BCUT2D eigenvalue weighted by atomic mass is 35.5. The molecule has 0 saturated carbocycles. The van der Waals surface area contributed by atoms with E-state index < -0.39 is 0 Å². The Bertz CT molecular complexity index is 377. The van der Waals surface area contributed by atoms with Crippen LogP contribution in [0.15, 0.2) is 6.20 Å². The third kappa shape index (κ3) is 4.23. The lowest BCUT2D eigenvalue weighted by Gasteiger charge is -2.09. The Hall–Kier alpha value is -0.650. The standard InChI is InChI=1S/C12H19N3OS.ClH/c1-2-9-8-15-11(17-9)5-7-14-12(16)10-4-3-6-13-10;/h8,10,13H,2-7H2,1H3,(H,14,16);1H. The number of carbonyl (C=O) groups is 1. The van der Waals surface area contributed by atoms with Crippen molar-refractivity contribution in [1.29, 1.82) is 0 Å². The summed E-state index contributed by atoms with van der Waals surface area (Å²) in [5.74, 6) is 0.134. The van der Waals surface area contributed by atoms with Gasteiger partial charge in [0.2, 0.25) is 5.91 Å². The largest absolute Gasteiger partial charge is 0.354 e. The predicted molar refractivity (Wildman–Crippen MR) is 76.5 cm³/mol. The summed E-state index contributed by atoms with van der Waals surface area (Å²) in [6.07, 6.45) is 5.87. The van der Waals surface area contributed by atoms with Crippen molar-refractivity contribution in [2.45, 2.75) is 38.6 Å². The van der Waals surface area contributed by atoms with Crippen LogP contribution in [0.1, 0.15) is 29.7 Å². The van der Waals surface area contributed by atoms with E-state index in [0.29, 0.717) is 6.54 Å². The average Bonchev–Trinajstić information content (AvgIpc) is 3.00. The van der Waals surface area contributed by atoms with Crippen LogP contribution in [0.25, 0.3) is 0 Å². The third-order valence-corrected chi connectivity index (χ3v) is 4.17. The smallest absolute Gasteiger partial charge is 0.237 e. The fourth-order valence-electron chi connectivity index (χ4n) is 1.95. The molecule has 0 aliphatic carbocycles. The van der Waals surface area contributed by atoms with Gasteiger partial charge in [-0.05, 0) is 25.8 Å². The van der Waals surface area contributed by atoms with E-state index in [-0.39, 0.29) is 24.4 Å². The first-order chi connectivity index (χ1) is 8.29. The van der Waals surface area contributed by atoms with Gasteiger partial charge in [-0.3, -0.25) is 4.79 Å². The van der Waals surface area contributed by atoms with Crippen molar-refractivity contribution >= 4 is 29.7 Å². The van der Waals surface area contributed by atoms with Crippen LogP contribution < -0.4 is 10.6 Å². The number of nitrogens with one attached hydrogen (secondary N) is 2. The van der Waals surface area contributed by atoms with Crippen LogP contribution in [-0.2, 0) is 17.6 Å². The maximum absolute atomic E-state index is 11.7. The van der Waals surface area contributed by atoms with E-state index in [0.717, 1.165) is 37.2 Å². The number of carbonyl (C=O) groups excluding carboxylic acids is 1. The summed E-state index contributed by atoms with van der Waals surface area (Å²) in [5, 5.41) is 7.27. The highest BCUT2D eigenvalue weighted by Crippen LogP contribution is 2.13. The SMILES string of the molecule is CCc1cnc(CCNC(=O)C2CCCN2)s1.Cl. The molecule has 102 valence electrons. The second kappa shape index (κ2) is 7.71. The summed E-state index contributed by atoms with van der Waals surface area (Å²) >= 11 is 1.74. The summed E-state index contributed by atoms with van der Waals surface area (Å²) in [4.78, 5) is 17.3. The van der Waals surface area contributed by atoms with Gasteiger partial charge in [0.25, 0.3) is 0 Å². The second-order valence-electron chi connectivity index (χ2n) is 4.26. The summed E-state index contributed by atoms with van der Waals surface area (Å²) in [6.45, 7) is 3.78. The molecular formula is C12H20ClN3OS. The fourth-order valence-corrected chi connectivity index (χ4v) is 2.81. The van der Waals surface area contributed by atoms with Crippen LogP contribution in [0.3, 0.4) is 0 Å². The monoisotopic (exact) mass is 289 g/mol. The van der Waals surface area contributed by atoms with Gasteiger partial charge in [0.15, 0.2) is 0 Å². The van der Waals surface area contributed by atoms with Crippen LogP contribution in [0.5, 0.6) is 0 Å². The maximum atomic E-state index is 11.7. The third-order valence-electron chi connectivity index (χ3n) is 2.96. The molecule has 1 fully saturated rings. The summed E-state index contributed by atoms with van der Waals surface area (Å²) in [5.41, 5.74) is 0. The van der Waals surface area contributed by atoms with Crippen molar-refractivity contribution in [3.8, 4) is 0 Å². The molecule has 18 heavy (non-hydrogen) atoms. The average molecular weight is 290 g/mol. The molecule has 0 aromatic carbocycles. The quantitative estimate of drug-likeness (QED) is 0.864. The molecule has 1 aromatic rings. The van der Waals surface area contributed by atoms with E-state index in [1.807, 2.05) is 6.20 Å². The van der Waals surface area contributed by atoms with Gasteiger partial charge in [0.1, 0.15) is 0 Å². The van der Waals surface area contributed by atoms with Gasteiger partial charge in [-0.15, -0.1) is 23.7 Å². The second-order valence-corrected chi connectivity index (χ2v) is 5.46. The minimum Gasteiger partial charge on any atom is -0.354 e. The zero-order valence-corrected chi connectivity index (χ0v) is 12.2. The summed E-state index contributed by atoms with van der Waals surface area (Å²) in [6, 6.07) is 0.0255. The molecular weight excluding hydrogens is 270 g/mol. The number of thiazole rings is 1. The van der Waals surface area contributed by atoms with Crippen molar-refractivity contribution in [1.82, 2.24) is 15.6 Å². The van der Waals surface area contributed by atoms with Gasteiger partial charge in [-0.25, -0.2) is 4.98 Å². The zero-order chi connectivity index (χ0) is 12.1. The van der Waals surface area contributed by atoms with Gasteiger partial charge in [0.05, 0.1) is 11.0 Å². The number of hydrogen-bond acceptors (Lipinski definition) is 4. The van der Waals surface area contributed by atoms with E-state index in [2.05, 4.69) is 22.5 Å². The Morgan fingerprint density at radius 1 is 1.67 bits per heavy atom. The van der Waals surface area contributed by atoms with Crippen molar-refractivity contribution in [2.24, 2.45) is 0 Å². The van der Waals surface area contributed by atoms with Crippen molar-refractivity contribution in [2.75, 3.05) is 13.1 Å². The predicted octanol–water partition coefficient (Wildman–Crippen LogP) is 1.54. The Morgan fingerprint density at radius 3 is 3.11 bits per heavy atom. The first kappa shape index (κ1) is 15.4. The molecule has 2 rings (SSSR count). The Kier molecular flexibility index (Phi) is 6.60. The van der Waals surface area contributed by atoms with Crippen molar-refractivity contribution in [3.63, 3.8) is 0 Å². The van der Waals surface area contributed by atoms with Gasteiger partial charge in [0, 0.05) is 24.0 Å². The molecule has 1 saturated heterocycles. The molecule has 1 unspecified atom stereocenters. The van der Waals surface area contributed by atoms with Crippen LogP contribution >= 0.6 is 23.7 Å². The van der Waals surface area contributed by atoms with E-state index in [4.69, 9.17) is 0 Å². The maximum Gasteiger partial charge on any atom is 0.237 e. The molecule has 1 atom stereocenters. The summed E-state index contributed by atoms with van der Waals surface area (Å²) < 4.78 is 0. The van der Waals surface area contributed by atoms with E-state index in [1.165, 1.54) is 4.88 Å². The zero-order valence-electron chi connectivity index (χ0n) is 10.6. The van der Waals surface area contributed by atoms with Gasteiger partial charge < -0.3 is 10.6 Å². The van der Waals surface area contributed by atoms with Gasteiger partial charge >= 0.3 is 0 Å². The minimum absolute atomic E-state index is 0. The number of aryl methyl sites for hydroxylation is 1. The molecule has 0 spiro atoms. The van der Waals surface area contributed by atoms with Crippen molar-refractivity contribution in [3.05, 3.63) is 16.1 Å². The van der Waals surface area contributed by atoms with E-state index in [1.54, 1.807) is 11.3 Å². The van der Waals surface area contributed by atoms with E-state index in [9.17, 15) is 4.79 Å². The molecule has 1 aliphatic rings. The van der Waals surface area contributed by atoms with Crippen molar-refractivity contribution < 1.29 is 4.79 Å². The molecule has 0 radical (unpaired) electrons. The number of halogens is 1. The lowest BCUT2D eigenvalue weighted by molar-refractivity contribution is -0.122. The molecule has 0 bridgehead atoms. The van der Waals surface area contributed by atoms with Gasteiger partial charge in [-0.1, -0.05) is 6.92 Å². The fraction of sp³-hybridized carbons (Fsp3) is 0.667. The number of hydrogen-bond donors (Lipinski definition) is 2. The van der Waals surface area contributed by atoms with Crippen LogP contribution in [0.4, 0.5) is 0 Å². The number of aromatic nitrogens is 1. The Labute approximate surface area is 118 Å². The molecule has 6 heteroatoms. The topological polar surface area (TPSA) is 54.0 Å². The summed E-state index contributed by atoms with van der Waals surface area (Å²) in [7, 11) is 0. The van der Waals surface area contributed by atoms with Crippen LogP contribution in [0, 0.1) is 0 Å². The number of amides is 1. The lowest BCUT2D eigenvalue weighted by Crippen LogP contribution is -2.41. The Balaban J connectivity index is 0.00000162. The highest BCUT2D eigenvalue weighted by Gasteiger charge is 2.21. The molecule has 4 nitrogen and oxygen atoms in total. The molecule has 1 aromatic heterocycles. The van der Waals surface area contributed by atoms with Crippen LogP contribution in [-0.4, -0.2) is 30.0 Å². The first-order valence-electron chi connectivity index (χ1n) is 6.24.